The average molecular weight is 504 g/mol. The van der Waals surface area contributed by atoms with Crippen molar-refractivity contribution in [3.8, 4) is 0 Å². The number of aliphatic imine (C=N–C) groups is 1. The molecular weight excluding hydrogens is 491 g/mol. The Morgan fingerprint density at radius 1 is 0.774 bits per heavy atom. The molecule has 0 unspecified atom stereocenters. The number of rotatable bonds is 6. The molecule has 4 aromatic rings. The lowest BCUT2D eigenvalue weighted by Gasteiger charge is -2.10. The maximum Gasteiger partial charge on any atom is 0.138 e. The van der Waals surface area contributed by atoms with E-state index < -0.39 is 0 Å². The summed E-state index contributed by atoms with van der Waals surface area (Å²) in [5.41, 5.74) is 1.29. The van der Waals surface area contributed by atoms with Crippen LogP contribution in [0.5, 0.6) is 0 Å². The number of pyridine rings is 1. The third-order valence-electron chi connectivity index (χ3n) is 3.92. The second-order valence-electron chi connectivity index (χ2n) is 6.09. The maximum absolute atomic E-state index is 6.53. The Labute approximate surface area is 203 Å². The van der Waals surface area contributed by atoms with Crippen molar-refractivity contribution in [1.82, 2.24) is 15.0 Å². The van der Waals surface area contributed by atoms with E-state index in [1.165, 1.54) is 29.9 Å². The summed E-state index contributed by atoms with van der Waals surface area (Å²) < 4.78 is 0. The molecule has 0 amide bonds. The fraction of sp³-hybridized carbons (Fsp3) is 0. The molecule has 4 rings (SSSR count). The number of benzene rings is 2. The quantitative estimate of drug-likeness (QED) is 0.198. The fourth-order valence-corrected chi connectivity index (χ4v) is 4.65. The number of aromatic nitrogens is 3. The van der Waals surface area contributed by atoms with E-state index >= 15 is 0 Å². The molecule has 0 saturated carbocycles. The van der Waals surface area contributed by atoms with E-state index in [2.05, 4.69) is 19.9 Å². The topological polar surface area (TPSA) is 51.0 Å². The SMILES string of the molecule is ClC(=Nc1c(Sc2ccc(Cl)cc2)ncnc1Sc1ccc(Cl)cc1)c1cccnc1. The summed E-state index contributed by atoms with van der Waals surface area (Å²) in [5, 5.41) is 3.00. The van der Waals surface area contributed by atoms with Crippen LogP contribution in [-0.2, 0) is 0 Å². The highest BCUT2D eigenvalue weighted by Crippen LogP contribution is 2.41. The highest BCUT2D eigenvalue weighted by Gasteiger charge is 2.15. The van der Waals surface area contributed by atoms with Crippen LogP contribution in [0.15, 0.2) is 104 Å². The molecule has 0 saturated heterocycles. The lowest BCUT2D eigenvalue weighted by atomic mass is 10.3. The minimum absolute atomic E-state index is 0.304. The van der Waals surface area contributed by atoms with E-state index in [-0.39, 0.29) is 0 Å². The highest BCUT2D eigenvalue weighted by molar-refractivity contribution is 8.00. The molecule has 0 aliphatic carbocycles. The van der Waals surface area contributed by atoms with Crippen LogP contribution in [0.4, 0.5) is 5.69 Å². The van der Waals surface area contributed by atoms with Crippen LogP contribution in [0.2, 0.25) is 10.0 Å². The third kappa shape index (κ3) is 5.99. The summed E-state index contributed by atoms with van der Waals surface area (Å²) >= 11 is 21.5. The lowest BCUT2D eigenvalue weighted by Crippen LogP contribution is -1.94. The number of halogens is 3. The molecule has 0 spiro atoms. The van der Waals surface area contributed by atoms with Gasteiger partial charge in [-0.2, -0.15) is 0 Å². The van der Waals surface area contributed by atoms with Crippen molar-refractivity contribution in [2.45, 2.75) is 19.8 Å². The highest BCUT2D eigenvalue weighted by atomic mass is 35.5. The van der Waals surface area contributed by atoms with Crippen LogP contribution in [0.25, 0.3) is 0 Å². The second-order valence-corrected chi connectivity index (χ2v) is 9.44. The van der Waals surface area contributed by atoms with Crippen molar-refractivity contribution in [2.75, 3.05) is 0 Å². The Balaban J connectivity index is 1.76. The first kappa shape index (κ1) is 22.1. The molecule has 2 aromatic heterocycles. The van der Waals surface area contributed by atoms with Gasteiger partial charge < -0.3 is 0 Å². The minimum Gasteiger partial charge on any atom is -0.264 e. The zero-order valence-electron chi connectivity index (χ0n) is 15.7. The van der Waals surface area contributed by atoms with E-state index in [1.807, 2.05) is 60.7 Å². The van der Waals surface area contributed by atoms with Crippen molar-refractivity contribution < 1.29 is 0 Å². The predicted molar refractivity (Wildman–Crippen MR) is 129 cm³/mol. The predicted octanol–water partition coefficient (Wildman–Crippen LogP) is 7.80. The summed E-state index contributed by atoms with van der Waals surface area (Å²) in [4.78, 5) is 19.7. The summed E-state index contributed by atoms with van der Waals surface area (Å²) in [6.07, 6.45) is 4.87. The molecule has 0 fully saturated rings. The molecule has 0 aliphatic rings. The molecule has 0 atom stereocenters. The Kier molecular flexibility index (Phi) is 7.48. The van der Waals surface area contributed by atoms with Crippen LogP contribution >= 0.6 is 58.3 Å². The van der Waals surface area contributed by atoms with E-state index in [9.17, 15) is 0 Å². The van der Waals surface area contributed by atoms with Crippen LogP contribution in [0.1, 0.15) is 5.56 Å². The van der Waals surface area contributed by atoms with Gasteiger partial charge in [-0.15, -0.1) is 0 Å². The summed E-state index contributed by atoms with van der Waals surface area (Å²) in [6, 6.07) is 18.7. The zero-order chi connectivity index (χ0) is 21.6. The third-order valence-corrected chi connectivity index (χ3v) is 6.73. The second kappa shape index (κ2) is 10.5. The van der Waals surface area contributed by atoms with Gasteiger partial charge in [0.1, 0.15) is 27.2 Å². The van der Waals surface area contributed by atoms with Gasteiger partial charge in [-0.1, -0.05) is 58.3 Å². The molecule has 2 heterocycles. The normalized spacial score (nSPS) is 11.5. The van der Waals surface area contributed by atoms with E-state index in [1.54, 1.807) is 12.4 Å². The van der Waals surface area contributed by atoms with Gasteiger partial charge >= 0.3 is 0 Å². The molecule has 0 radical (unpaired) electrons. The first-order valence-corrected chi connectivity index (χ1v) is 11.7. The standard InChI is InChI=1S/C22H13Cl3N4S2/c23-15-3-7-17(8-4-15)30-21-19(29-20(25)14-2-1-11-26-12-14)22(28-13-27-21)31-18-9-5-16(24)6-10-18/h1-13H. The van der Waals surface area contributed by atoms with Gasteiger partial charge in [0.15, 0.2) is 0 Å². The molecule has 0 bridgehead atoms. The van der Waals surface area contributed by atoms with E-state index in [0.29, 0.717) is 36.5 Å². The largest absolute Gasteiger partial charge is 0.264 e. The Morgan fingerprint density at radius 3 is 1.81 bits per heavy atom. The van der Waals surface area contributed by atoms with Crippen LogP contribution in [0.3, 0.4) is 0 Å². The van der Waals surface area contributed by atoms with Crippen molar-refractivity contribution in [1.29, 1.82) is 0 Å². The molecule has 9 heteroatoms. The summed E-state index contributed by atoms with van der Waals surface area (Å²) in [7, 11) is 0. The van der Waals surface area contributed by atoms with Crippen LogP contribution in [0, 0.1) is 0 Å². The van der Waals surface area contributed by atoms with E-state index in [0.717, 1.165) is 9.79 Å². The van der Waals surface area contributed by atoms with Gasteiger partial charge in [0, 0.05) is 37.8 Å². The summed E-state index contributed by atoms with van der Waals surface area (Å²) in [5.74, 6) is 0. The van der Waals surface area contributed by atoms with Gasteiger partial charge in [0.05, 0.1) is 0 Å². The Morgan fingerprint density at radius 2 is 1.32 bits per heavy atom. The number of nitrogens with zero attached hydrogens (tertiary/aromatic N) is 4. The van der Waals surface area contributed by atoms with Gasteiger partial charge in [-0.05, 0) is 60.7 Å². The molecule has 4 nitrogen and oxygen atoms in total. The fourth-order valence-electron chi connectivity index (χ4n) is 2.47. The molecule has 154 valence electrons. The molecule has 2 aromatic carbocycles. The van der Waals surface area contributed by atoms with Crippen LogP contribution < -0.4 is 0 Å². The van der Waals surface area contributed by atoms with Gasteiger partial charge in [0.2, 0.25) is 0 Å². The van der Waals surface area contributed by atoms with Crippen molar-refractivity contribution in [3.63, 3.8) is 0 Å². The average Bonchev–Trinajstić information content (AvgIpc) is 2.79. The first-order valence-electron chi connectivity index (χ1n) is 8.95. The number of hydrogen-bond donors (Lipinski definition) is 0. The van der Waals surface area contributed by atoms with Gasteiger partial charge in [-0.25, -0.2) is 15.0 Å². The molecule has 31 heavy (non-hydrogen) atoms. The van der Waals surface area contributed by atoms with Crippen molar-refractivity contribution >= 4 is 69.2 Å². The Hall–Kier alpha value is -2.09. The maximum atomic E-state index is 6.53. The molecule has 0 N–H and O–H groups in total. The number of hydrogen-bond acceptors (Lipinski definition) is 6. The van der Waals surface area contributed by atoms with Gasteiger partial charge in [0.25, 0.3) is 0 Å². The lowest BCUT2D eigenvalue weighted by molar-refractivity contribution is 0.959. The molecular formula is C22H13Cl3N4S2. The van der Waals surface area contributed by atoms with Gasteiger partial charge in [-0.3, -0.25) is 4.98 Å². The van der Waals surface area contributed by atoms with E-state index in [4.69, 9.17) is 34.8 Å². The molecule has 0 aliphatic heterocycles. The van der Waals surface area contributed by atoms with Crippen LogP contribution in [-0.4, -0.2) is 20.1 Å². The first-order chi connectivity index (χ1) is 15.1. The Bertz CT molecular complexity index is 1140. The van der Waals surface area contributed by atoms with Crippen molar-refractivity contribution in [3.05, 3.63) is 95.0 Å². The monoisotopic (exact) mass is 502 g/mol. The van der Waals surface area contributed by atoms with Crippen molar-refractivity contribution in [2.24, 2.45) is 4.99 Å². The summed E-state index contributed by atoms with van der Waals surface area (Å²) in [6.45, 7) is 0. The zero-order valence-corrected chi connectivity index (χ0v) is 19.6. The minimum atomic E-state index is 0.304. The smallest absolute Gasteiger partial charge is 0.138 e.